The Labute approximate surface area is 175 Å². The monoisotopic (exact) mass is 407 g/mol. The van der Waals surface area contributed by atoms with Gasteiger partial charge < -0.3 is 14.2 Å². The highest BCUT2D eigenvalue weighted by atomic mass is 16.5. The molecule has 0 unspecified atom stereocenters. The average Bonchev–Trinajstić information content (AvgIpc) is 3.26. The number of hydrogen-bond donors (Lipinski definition) is 0. The van der Waals surface area contributed by atoms with Crippen molar-refractivity contribution in [1.29, 1.82) is 0 Å². The number of amides is 1. The lowest BCUT2D eigenvalue weighted by Crippen LogP contribution is -2.30. The van der Waals surface area contributed by atoms with Crippen molar-refractivity contribution in [2.45, 2.75) is 26.9 Å². The second-order valence-corrected chi connectivity index (χ2v) is 7.25. The maximum atomic E-state index is 12.5. The van der Waals surface area contributed by atoms with Gasteiger partial charge in [-0.25, -0.2) is 4.79 Å². The second-order valence-electron chi connectivity index (χ2n) is 7.25. The molecule has 0 saturated heterocycles. The van der Waals surface area contributed by atoms with Crippen molar-refractivity contribution in [3.05, 3.63) is 76.8 Å². The van der Waals surface area contributed by atoms with E-state index in [4.69, 9.17) is 9.26 Å². The van der Waals surface area contributed by atoms with Gasteiger partial charge in [-0.3, -0.25) is 9.36 Å². The van der Waals surface area contributed by atoms with E-state index in [9.17, 15) is 9.59 Å². The average molecular weight is 407 g/mol. The van der Waals surface area contributed by atoms with Crippen molar-refractivity contribution < 1.29 is 18.8 Å². The largest absolute Gasteiger partial charge is 0.444 e. The lowest BCUT2D eigenvalue weighted by molar-refractivity contribution is -0.155. The summed E-state index contributed by atoms with van der Waals surface area (Å²) in [6.45, 7) is 5.72. The Morgan fingerprint density at radius 3 is 2.43 bits per heavy atom. The number of ether oxygens (including phenoxy) is 1. The fourth-order valence-corrected chi connectivity index (χ4v) is 3.20. The first kappa shape index (κ1) is 21.1. The van der Waals surface area contributed by atoms with Crippen LogP contribution < -0.4 is 0 Å². The molecule has 2 heterocycles. The number of esters is 1. The van der Waals surface area contributed by atoms with Gasteiger partial charge in [0.1, 0.15) is 5.76 Å². The summed E-state index contributed by atoms with van der Waals surface area (Å²) < 4.78 is 12.6. The number of carbonyl (C=O) groups excluding carboxylic acids is 2. The van der Waals surface area contributed by atoms with Gasteiger partial charge in [0.05, 0.1) is 0 Å². The molecule has 1 aromatic carbocycles. The van der Waals surface area contributed by atoms with Crippen LogP contribution in [0.1, 0.15) is 34.4 Å². The minimum atomic E-state index is -0.996. The van der Waals surface area contributed by atoms with E-state index in [1.165, 1.54) is 11.0 Å². The first-order chi connectivity index (χ1) is 14.3. The maximum Gasteiger partial charge on any atom is 0.331 e. The van der Waals surface area contributed by atoms with Crippen molar-refractivity contribution in [2.24, 2.45) is 0 Å². The molecule has 30 heavy (non-hydrogen) atoms. The number of aromatic nitrogens is 2. The Morgan fingerprint density at radius 2 is 1.83 bits per heavy atom. The van der Waals surface area contributed by atoms with Crippen molar-refractivity contribution in [1.82, 2.24) is 14.6 Å². The summed E-state index contributed by atoms with van der Waals surface area (Å²) in [5, 5.41) is 4.06. The predicted molar refractivity (Wildman–Crippen MR) is 113 cm³/mol. The first-order valence-electron chi connectivity index (χ1n) is 9.55. The molecule has 0 spiro atoms. The van der Waals surface area contributed by atoms with E-state index < -0.39 is 12.1 Å². The molecule has 0 radical (unpaired) electrons. The van der Waals surface area contributed by atoms with Crippen LogP contribution in [0.2, 0.25) is 0 Å². The van der Waals surface area contributed by atoms with E-state index in [2.05, 4.69) is 5.16 Å². The Kier molecular flexibility index (Phi) is 6.20. The molecule has 0 aliphatic rings. The molecule has 3 aromatic rings. The number of hydrogen-bond acceptors (Lipinski definition) is 5. The van der Waals surface area contributed by atoms with Gasteiger partial charge >= 0.3 is 5.97 Å². The van der Waals surface area contributed by atoms with Gasteiger partial charge in [0.15, 0.2) is 5.82 Å². The highest BCUT2D eigenvalue weighted by molar-refractivity contribution is 5.91. The van der Waals surface area contributed by atoms with Crippen LogP contribution in [0.15, 0.2) is 53.1 Å². The van der Waals surface area contributed by atoms with Gasteiger partial charge in [0.25, 0.3) is 5.91 Å². The molecule has 3 rings (SSSR count). The molecule has 7 heteroatoms. The van der Waals surface area contributed by atoms with Crippen LogP contribution in [-0.2, 0) is 14.3 Å². The van der Waals surface area contributed by atoms with Crippen LogP contribution in [0.25, 0.3) is 11.9 Å². The van der Waals surface area contributed by atoms with Gasteiger partial charge in [-0.1, -0.05) is 35.5 Å². The third-order valence-electron chi connectivity index (χ3n) is 4.72. The molecule has 1 amide bonds. The van der Waals surface area contributed by atoms with E-state index in [-0.39, 0.29) is 5.91 Å². The van der Waals surface area contributed by atoms with Crippen LogP contribution in [0.4, 0.5) is 0 Å². The zero-order chi connectivity index (χ0) is 21.8. The third kappa shape index (κ3) is 4.51. The summed E-state index contributed by atoms with van der Waals surface area (Å²) >= 11 is 0. The Hall–Kier alpha value is -3.61. The minimum absolute atomic E-state index is 0.303. The Bertz CT molecular complexity index is 1080. The standard InChI is InChI=1S/C23H25N3O4/c1-15-13-19(17(3)26(15)20-14-16(2)30-24-20)11-12-21(27)29-22(23(28)25(4)5)18-9-7-6-8-10-18/h6-14,22H,1-5H3/b12-11+/t22-/m1/s1. The topological polar surface area (TPSA) is 77.6 Å². The zero-order valence-corrected chi connectivity index (χ0v) is 17.7. The quantitative estimate of drug-likeness (QED) is 0.459. The van der Waals surface area contributed by atoms with E-state index in [0.29, 0.717) is 11.4 Å². The summed E-state index contributed by atoms with van der Waals surface area (Å²) in [5.74, 6) is 0.504. The lowest BCUT2D eigenvalue weighted by Gasteiger charge is -2.20. The summed E-state index contributed by atoms with van der Waals surface area (Å²) in [6.07, 6.45) is 2.01. The molecular formula is C23H25N3O4. The van der Waals surface area contributed by atoms with Crippen molar-refractivity contribution in [3.63, 3.8) is 0 Å². The summed E-state index contributed by atoms with van der Waals surface area (Å²) in [6, 6.07) is 12.8. The lowest BCUT2D eigenvalue weighted by atomic mass is 10.1. The molecule has 0 aliphatic heterocycles. The highest BCUT2D eigenvalue weighted by Crippen LogP contribution is 2.23. The zero-order valence-electron chi connectivity index (χ0n) is 17.7. The van der Waals surface area contributed by atoms with Crippen molar-refractivity contribution >= 4 is 18.0 Å². The van der Waals surface area contributed by atoms with Crippen LogP contribution in [0.5, 0.6) is 0 Å². The molecule has 7 nitrogen and oxygen atoms in total. The third-order valence-corrected chi connectivity index (χ3v) is 4.72. The number of likely N-dealkylation sites (N-methyl/N-ethyl adjacent to an activating group) is 1. The van der Waals surface area contributed by atoms with Crippen molar-refractivity contribution in [3.8, 4) is 5.82 Å². The van der Waals surface area contributed by atoms with Gasteiger partial charge in [-0.2, -0.15) is 0 Å². The second kappa shape index (κ2) is 8.82. The van der Waals surface area contributed by atoms with Crippen LogP contribution >= 0.6 is 0 Å². The first-order valence-corrected chi connectivity index (χ1v) is 9.55. The van der Waals surface area contributed by atoms with E-state index in [0.717, 1.165) is 22.7 Å². The van der Waals surface area contributed by atoms with Crippen molar-refractivity contribution in [2.75, 3.05) is 14.1 Å². The fourth-order valence-electron chi connectivity index (χ4n) is 3.20. The van der Waals surface area contributed by atoms with Gasteiger partial charge in [-0.15, -0.1) is 0 Å². The molecule has 0 N–H and O–H groups in total. The number of carbonyl (C=O) groups is 2. The van der Waals surface area contributed by atoms with Crippen LogP contribution in [0.3, 0.4) is 0 Å². The van der Waals surface area contributed by atoms with E-state index >= 15 is 0 Å². The van der Waals surface area contributed by atoms with Gasteiger partial charge in [0, 0.05) is 43.2 Å². The number of aryl methyl sites for hydroxylation is 2. The number of nitrogens with zero attached hydrogens (tertiary/aromatic N) is 3. The molecule has 0 bridgehead atoms. The van der Waals surface area contributed by atoms with Crippen LogP contribution in [-0.4, -0.2) is 40.6 Å². The molecule has 0 aliphatic carbocycles. The smallest absolute Gasteiger partial charge is 0.331 e. The fraction of sp³-hybridized carbons (Fsp3) is 0.261. The molecule has 156 valence electrons. The Balaban J connectivity index is 1.80. The SMILES string of the molecule is Cc1cc(-n2c(C)cc(/C=C/C(=O)O[C@@H](C(=O)N(C)C)c3ccccc3)c2C)no1. The molecular weight excluding hydrogens is 382 g/mol. The highest BCUT2D eigenvalue weighted by Gasteiger charge is 2.25. The Morgan fingerprint density at radius 1 is 1.13 bits per heavy atom. The molecule has 0 fully saturated rings. The molecule has 1 atom stereocenters. The van der Waals surface area contributed by atoms with E-state index in [1.54, 1.807) is 44.4 Å². The number of rotatable bonds is 6. The predicted octanol–water partition coefficient (Wildman–Crippen LogP) is 3.78. The molecule has 0 saturated carbocycles. The van der Waals surface area contributed by atoms with Gasteiger partial charge in [-0.05, 0) is 38.5 Å². The van der Waals surface area contributed by atoms with Crippen LogP contribution in [0, 0.1) is 20.8 Å². The summed E-state index contributed by atoms with van der Waals surface area (Å²) in [7, 11) is 3.25. The summed E-state index contributed by atoms with van der Waals surface area (Å²) in [5.41, 5.74) is 3.34. The normalized spacial score (nSPS) is 12.2. The minimum Gasteiger partial charge on any atom is -0.444 e. The van der Waals surface area contributed by atoms with E-state index in [1.807, 2.05) is 43.5 Å². The maximum absolute atomic E-state index is 12.5. The summed E-state index contributed by atoms with van der Waals surface area (Å²) in [4.78, 5) is 26.4. The molecule has 2 aromatic heterocycles. The van der Waals surface area contributed by atoms with Gasteiger partial charge in [0.2, 0.25) is 6.10 Å². The number of benzene rings is 1.